The van der Waals surface area contributed by atoms with Gasteiger partial charge in [0.1, 0.15) is 5.84 Å². The van der Waals surface area contributed by atoms with Crippen LogP contribution in [0.15, 0.2) is 5.16 Å². The zero-order valence-electron chi connectivity index (χ0n) is 10.8. The minimum Gasteiger partial charge on any atom is -0.409 e. The maximum absolute atomic E-state index is 8.45. The third-order valence-electron chi connectivity index (χ3n) is 4.53. The molecule has 0 radical (unpaired) electrons. The van der Waals surface area contributed by atoms with E-state index in [1.807, 2.05) is 0 Å². The Bertz CT molecular complexity index is 280. The molecule has 4 heteroatoms. The second-order valence-electron chi connectivity index (χ2n) is 5.89. The SMILES string of the molecule is CN(CCCC(N)=NO)CC1CC2CCC1C2. The van der Waals surface area contributed by atoms with Gasteiger partial charge in [-0.15, -0.1) is 0 Å². The van der Waals surface area contributed by atoms with E-state index < -0.39 is 0 Å². The van der Waals surface area contributed by atoms with Crippen molar-refractivity contribution in [3.05, 3.63) is 0 Å². The maximum atomic E-state index is 8.45. The molecule has 17 heavy (non-hydrogen) atoms. The van der Waals surface area contributed by atoms with Crippen molar-refractivity contribution in [3.63, 3.8) is 0 Å². The highest BCUT2D eigenvalue weighted by molar-refractivity contribution is 5.79. The van der Waals surface area contributed by atoms with E-state index in [0.717, 1.165) is 30.7 Å². The van der Waals surface area contributed by atoms with Crippen LogP contribution in [-0.4, -0.2) is 36.1 Å². The lowest BCUT2D eigenvalue weighted by molar-refractivity contribution is 0.219. The van der Waals surface area contributed by atoms with Crippen LogP contribution in [-0.2, 0) is 0 Å². The molecule has 3 N–H and O–H groups in total. The molecule has 4 nitrogen and oxygen atoms in total. The van der Waals surface area contributed by atoms with Crippen LogP contribution in [0.25, 0.3) is 0 Å². The fraction of sp³-hybridized carbons (Fsp3) is 0.923. The van der Waals surface area contributed by atoms with E-state index in [0.29, 0.717) is 12.3 Å². The molecule has 3 unspecified atom stereocenters. The van der Waals surface area contributed by atoms with Crippen molar-refractivity contribution >= 4 is 5.84 Å². The van der Waals surface area contributed by atoms with Gasteiger partial charge in [0.15, 0.2) is 0 Å². The summed E-state index contributed by atoms with van der Waals surface area (Å²) in [6.07, 6.45) is 7.56. The van der Waals surface area contributed by atoms with Gasteiger partial charge in [0.25, 0.3) is 0 Å². The molecule has 0 saturated heterocycles. The average molecular weight is 239 g/mol. The Hall–Kier alpha value is -0.770. The van der Waals surface area contributed by atoms with Gasteiger partial charge in [-0.25, -0.2) is 0 Å². The van der Waals surface area contributed by atoms with E-state index in [9.17, 15) is 0 Å². The Morgan fingerprint density at radius 2 is 2.24 bits per heavy atom. The van der Waals surface area contributed by atoms with Crippen LogP contribution >= 0.6 is 0 Å². The van der Waals surface area contributed by atoms with Crippen molar-refractivity contribution in [2.24, 2.45) is 28.6 Å². The molecule has 0 spiro atoms. The monoisotopic (exact) mass is 239 g/mol. The molecule has 0 amide bonds. The molecule has 0 aromatic rings. The van der Waals surface area contributed by atoms with E-state index >= 15 is 0 Å². The van der Waals surface area contributed by atoms with Gasteiger partial charge in [0.2, 0.25) is 0 Å². The summed E-state index contributed by atoms with van der Waals surface area (Å²) in [6, 6.07) is 0. The molecule has 2 rings (SSSR count). The largest absolute Gasteiger partial charge is 0.409 e. The molecule has 3 atom stereocenters. The van der Waals surface area contributed by atoms with Crippen LogP contribution in [0.2, 0.25) is 0 Å². The van der Waals surface area contributed by atoms with Crippen molar-refractivity contribution < 1.29 is 5.21 Å². The summed E-state index contributed by atoms with van der Waals surface area (Å²) in [7, 11) is 2.19. The molecule has 0 aromatic heterocycles. The van der Waals surface area contributed by atoms with Crippen molar-refractivity contribution in [1.29, 1.82) is 0 Å². The summed E-state index contributed by atoms with van der Waals surface area (Å²) in [5.74, 6) is 3.32. The first-order valence-electron chi connectivity index (χ1n) is 6.84. The molecule has 98 valence electrons. The molecule has 2 bridgehead atoms. The molecular formula is C13H25N3O. The number of hydrogen-bond donors (Lipinski definition) is 2. The van der Waals surface area contributed by atoms with Gasteiger partial charge < -0.3 is 15.8 Å². The number of fused-ring (bicyclic) bond motifs is 2. The minimum absolute atomic E-state index is 0.346. The van der Waals surface area contributed by atoms with Gasteiger partial charge in [-0.3, -0.25) is 0 Å². The van der Waals surface area contributed by atoms with Crippen LogP contribution in [0.4, 0.5) is 0 Å². The first-order valence-corrected chi connectivity index (χ1v) is 6.84. The van der Waals surface area contributed by atoms with Crippen LogP contribution < -0.4 is 5.73 Å². The van der Waals surface area contributed by atoms with E-state index in [1.54, 1.807) is 0 Å². The summed E-state index contributed by atoms with van der Waals surface area (Å²) >= 11 is 0. The highest BCUT2D eigenvalue weighted by Gasteiger charge is 2.39. The Balaban J connectivity index is 1.62. The van der Waals surface area contributed by atoms with E-state index in [-0.39, 0.29) is 0 Å². The van der Waals surface area contributed by atoms with E-state index in [2.05, 4.69) is 17.1 Å². The van der Waals surface area contributed by atoms with Gasteiger partial charge in [0.05, 0.1) is 0 Å². The smallest absolute Gasteiger partial charge is 0.139 e. The fourth-order valence-electron chi connectivity index (χ4n) is 3.67. The summed E-state index contributed by atoms with van der Waals surface area (Å²) in [4.78, 5) is 2.41. The van der Waals surface area contributed by atoms with Crippen molar-refractivity contribution in [1.82, 2.24) is 4.90 Å². The summed E-state index contributed by atoms with van der Waals surface area (Å²) in [5.41, 5.74) is 5.45. The summed E-state index contributed by atoms with van der Waals surface area (Å²) < 4.78 is 0. The van der Waals surface area contributed by atoms with Crippen molar-refractivity contribution in [2.75, 3.05) is 20.1 Å². The Morgan fingerprint density at radius 1 is 1.41 bits per heavy atom. The second kappa shape index (κ2) is 5.71. The highest BCUT2D eigenvalue weighted by Crippen LogP contribution is 2.48. The Morgan fingerprint density at radius 3 is 2.82 bits per heavy atom. The third kappa shape index (κ3) is 3.35. The zero-order valence-corrected chi connectivity index (χ0v) is 10.8. The third-order valence-corrected chi connectivity index (χ3v) is 4.53. The summed E-state index contributed by atoms with van der Waals surface area (Å²) in [6.45, 7) is 2.28. The Kier molecular flexibility index (Phi) is 4.26. The van der Waals surface area contributed by atoms with Crippen LogP contribution in [0.1, 0.15) is 38.5 Å². The topological polar surface area (TPSA) is 61.8 Å². The molecule has 0 heterocycles. The molecule has 0 aromatic carbocycles. The number of nitrogens with zero attached hydrogens (tertiary/aromatic N) is 2. The second-order valence-corrected chi connectivity index (χ2v) is 5.89. The molecule has 2 fully saturated rings. The average Bonchev–Trinajstić information content (AvgIpc) is 2.90. The predicted molar refractivity (Wildman–Crippen MR) is 69.1 cm³/mol. The Labute approximate surface area is 104 Å². The van der Waals surface area contributed by atoms with Crippen LogP contribution in [0.3, 0.4) is 0 Å². The molecular weight excluding hydrogens is 214 g/mol. The normalized spacial score (nSPS) is 32.6. The van der Waals surface area contributed by atoms with Gasteiger partial charge in [-0.05, 0) is 57.0 Å². The zero-order chi connectivity index (χ0) is 12.3. The molecule has 2 saturated carbocycles. The lowest BCUT2D eigenvalue weighted by Crippen LogP contribution is -2.30. The van der Waals surface area contributed by atoms with Crippen molar-refractivity contribution in [2.45, 2.75) is 38.5 Å². The number of rotatable bonds is 6. The van der Waals surface area contributed by atoms with Crippen LogP contribution in [0, 0.1) is 17.8 Å². The number of hydrogen-bond acceptors (Lipinski definition) is 3. The van der Waals surface area contributed by atoms with Crippen molar-refractivity contribution in [3.8, 4) is 0 Å². The van der Waals surface area contributed by atoms with Gasteiger partial charge >= 0.3 is 0 Å². The number of oxime groups is 1. The molecule has 2 aliphatic carbocycles. The molecule has 2 aliphatic rings. The van der Waals surface area contributed by atoms with E-state index in [1.165, 1.54) is 32.2 Å². The van der Waals surface area contributed by atoms with Gasteiger partial charge in [-0.2, -0.15) is 0 Å². The van der Waals surface area contributed by atoms with E-state index in [4.69, 9.17) is 10.9 Å². The standard InChI is InChI=1S/C13H25N3O/c1-16(6-2-3-13(14)15-17)9-12-8-10-4-5-11(12)7-10/h10-12,17H,2-9H2,1H3,(H2,14,15). The predicted octanol–water partition coefficient (Wildman–Crippen LogP) is 1.88. The molecule has 0 aliphatic heterocycles. The quantitative estimate of drug-likeness (QED) is 0.322. The highest BCUT2D eigenvalue weighted by atomic mass is 16.4. The lowest BCUT2D eigenvalue weighted by atomic mass is 9.88. The van der Waals surface area contributed by atoms with Gasteiger partial charge in [0, 0.05) is 13.0 Å². The maximum Gasteiger partial charge on any atom is 0.139 e. The number of amidine groups is 1. The summed E-state index contributed by atoms with van der Waals surface area (Å²) in [5, 5.41) is 11.4. The fourth-order valence-corrected chi connectivity index (χ4v) is 3.67. The lowest BCUT2D eigenvalue weighted by Gasteiger charge is -2.27. The first kappa shape index (κ1) is 12.7. The minimum atomic E-state index is 0.346. The number of nitrogens with two attached hydrogens (primary N) is 1. The van der Waals surface area contributed by atoms with Gasteiger partial charge in [-0.1, -0.05) is 11.6 Å². The van der Waals surface area contributed by atoms with Crippen LogP contribution in [0.5, 0.6) is 0 Å². The first-order chi connectivity index (χ1) is 8.19.